The Hall–Kier alpha value is -2.95. The first-order valence-corrected chi connectivity index (χ1v) is 7.05. The van der Waals surface area contributed by atoms with Gasteiger partial charge in [0.25, 0.3) is 0 Å². The Kier molecular flexibility index (Phi) is 5.25. The summed E-state index contributed by atoms with van der Waals surface area (Å²) in [4.78, 5) is 24.6. The van der Waals surface area contributed by atoms with Crippen molar-refractivity contribution in [2.75, 3.05) is 17.3 Å². The summed E-state index contributed by atoms with van der Waals surface area (Å²) in [6.45, 7) is 1.48. The number of hydrogen-bond acceptors (Lipinski definition) is 2. The predicted octanol–water partition coefficient (Wildman–Crippen LogP) is 3.46. The van der Waals surface area contributed by atoms with Gasteiger partial charge < -0.3 is 10.2 Å². The lowest BCUT2D eigenvalue weighted by atomic mass is 10.2. The van der Waals surface area contributed by atoms with Crippen molar-refractivity contribution in [3.05, 3.63) is 66.0 Å². The van der Waals surface area contributed by atoms with Gasteiger partial charge in [0.1, 0.15) is 5.82 Å². The van der Waals surface area contributed by atoms with Gasteiger partial charge >= 0.3 is 0 Å². The second kappa shape index (κ2) is 7.35. The third-order valence-electron chi connectivity index (χ3n) is 3.29. The van der Waals surface area contributed by atoms with Crippen LogP contribution < -0.4 is 10.2 Å². The first-order chi connectivity index (χ1) is 11.0. The molecule has 0 aliphatic rings. The van der Waals surface area contributed by atoms with Crippen LogP contribution in [0.15, 0.2) is 54.6 Å². The normalized spacial score (nSPS) is 10.6. The number of benzene rings is 2. The molecule has 0 saturated heterocycles. The van der Waals surface area contributed by atoms with Crippen LogP contribution in [0.3, 0.4) is 0 Å². The number of carbonyl (C=O) groups is 2. The molecular formula is C18H17FN2O2. The maximum Gasteiger partial charge on any atom is 0.248 e. The van der Waals surface area contributed by atoms with Crippen molar-refractivity contribution in [2.45, 2.75) is 6.92 Å². The zero-order valence-corrected chi connectivity index (χ0v) is 12.9. The second-order valence-electron chi connectivity index (χ2n) is 5.00. The van der Waals surface area contributed by atoms with Gasteiger partial charge in [0, 0.05) is 31.4 Å². The minimum Gasteiger partial charge on any atom is -0.323 e. The van der Waals surface area contributed by atoms with E-state index < -0.39 is 0 Å². The molecule has 5 heteroatoms. The van der Waals surface area contributed by atoms with E-state index in [0.717, 1.165) is 11.3 Å². The van der Waals surface area contributed by atoms with Crippen molar-refractivity contribution in [3.63, 3.8) is 0 Å². The van der Waals surface area contributed by atoms with Gasteiger partial charge in [-0.15, -0.1) is 0 Å². The van der Waals surface area contributed by atoms with E-state index in [1.54, 1.807) is 49.5 Å². The summed E-state index contributed by atoms with van der Waals surface area (Å²) in [6, 6.07) is 12.8. The molecule has 0 radical (unpaired) electrons. The van der Waals surface area contributed by atoms with Crippen LogP contribution in [0.2, 0.25) is 0 Å². The molecule has 0 aliphatic carbocycles. The van der Waals surface area contributed by atoms with Crippen LogP contribution in [0, 0.1) is 5.82 Å². The molecule has 0 bridgehead atoms. The van der Waals surface area contributed by atoms with Gasteiger partial charge in [-0.25, -0.2) is 4.39 Å². The van der Waals surface area contributed by atoms with Gasteiger partial charge in [-0.05, 0) is 48.0 Å². The standard InChI is InChI=1S/C18H17FN2O2/c1-13(22)21(2)17-10-8-16(9-11-17)20-18(23)12-5-14-3-6-15(19)7-4-14/h3-12H,1-2H3,(H,20,23)/b12-5+. The van der Waals surface area contributed by atoms with Crippen molar-refractivity contribution >= 4 is 29.3 Å². The molecule has 2 aromatic rings. The maximum absolute atomic E-state index is 12.8. The summed E-state index contributed by atoms with van der Waals surface area (Å²) in [5.74, 6) is -0.673. The molecular weight excluding hydrogens is 295 g/mol. The van der Waals surface area contributed by atoms with Crippen molar-refractivity contribution in [3.8, 4) is 0 Å². The Morgan fingerprint density at radius 2 is 1.65 bits per heavy atom. The number of amides is 2. The Morgan fingerprint density at radius 3 is 2.22 bits per heavy atom. The van der Waals surface area contributed by atoms with E-state index in [4.69, 9.17) is 0 Å². The molecule has 0 atom stereocenters. The fourth-order valence-corrected chi connectivity index (χ4v) is 1.88. The van der Waals surface area contributed by atoms with Crippen LogP contribution in [-0.2, 0) is 9.59 Å². The van der Waals surface area contributed by atoms with Gasteiger partial charge in [-0.1, -0.05) is 12.1 Å². The topological polar surface area (TPSA) is 49.4 Å². The lowest BCUT2D eigenvalue weighted by Gasteiger charge is -2.15. The lowest BCUT2D eigenvalue weighted by molar-refractivity contribution is -0.116. The number of halogens is 1. The Balaban J connectivity index is 1.97. The number of rotatable bonds is 4. The molecule has 2 aromatic carbocycles. The maximum atomic E-state index is 12.8. The molecule has 0 spiro atoms. The predicted molar refractivity (Wildman–Crippen MR) is 89.6 cm³/mol. The number of hydrogen-bond donors (Lipinski definition) is 1. The molecule has 2 amide bonds. The van der Waals surface area contributed by atoms with E-state index in [1.807, 2.05) is 0 Å². The second-order valence-corrected chi connectivity index (χ2v) is 5.00. The van der Waals surface area contributed by atoms with Crippen LogP contribution in [0.4, 0.5) is 15.8 Å². The summed E-state index contributed by atoms with van der Waals surface area (Å²) >= 11 is 0. The zero-order valence-electron chi connectivity index (χ0n) is 12.9. The van der Waals surface area contributed by atoms with Crippen LogP contribution in [0.5, 0.6) is 0 Å². The van der Waals surface area contributed by atoms with E-state index in [1.165, 1.54) is 30.0 Å². The first-order valence-electron chi connectivity index (χ1n) is 7.05. The van der Waals surface area contributed by atoms with Crippen molar-refractivity contribution in [2.24, 2.45) is 0 Å². The molecule has 0 fully saturated rings. The molecule has 1 N–H and O–H groups in total. The molecule has 0 unspecified atom stereocenters. The highest BCUT2D eigenvalue weighted by Gasteiger charge is 2.05. The van der Waals surface area contributed by atoms with Crippen molar-refractivity contribution < 1.29 is 14.0 Å². The highest BCUT2D eigenvalue weighted by Crippen LogP contribution is 2.17. The van der Waals surface area contributed by atoms with E-state index >= 15 is 0 Å². The molecule has 118 valence electrons. The number of nitrogens with zero attached hydrogens (tertiary/aromatic N) is 1. The molecule has 0 heterocycles. The highest BCUT2D eigenvalue weighted by atomic mass is 19.1. The van der Waals surface area contributed by atoms with Crippen molar-refractivity contribution in [1.29, 1.82) is 0 Å². The Bertz CT molecular complexity index is 722. The largest absolute Gasteiger partial charge is 0.323 e. The molecule has 0 aromatic heterocycles. The minimum atomic E-state index is -0.317. The van der Waals surface area contributed by atoms with Crippen LogP contribution in [0.1, 0.15) is 12.5 Å². The fraction of sp³-hybridized carbons (Fsp3) is 0.111. The summed E-state index contributed by atoms with van der Waals surface area (Å²) in [5, 5.41) is 2.72. The third kappa shape index (κ3) is 4.78. The van der Waals surface area contributed by atoms with E-state index in [2.05, 4.69) is 5.32 Å². The first kappa shape index (κ1) is 16.4. The lowest BCUT2D eigenvalue weighted by Crippen LogP contribution is -2.22. The molecule has 4 nitrogen and oxygen atoms in total. The summed E-state index contributed by atoms with van der Waals surface area (Å²) in [5.41, 5.74) is 2.11. The Morgan fingerprint density at radius 1 is 1.04 bits per heavy atom. The van der Waals surface area contributed by atoms with Crippen LogP contribution in [0.25, 0.3) is 6.08 Å². The quantitative estimate of drug-likeness (QED) is 0.879. The number of nitrogens with one attached hydrogen (secondary N) is 1. The van der Waals surface area contributed by atoms with Gasteiger partial charge in [-0.2, -0.15) is 0 Å². The van der Waals surface area contributed by atoms with E-state index in [-0.39, 0.29) is 17.6 Å². The van der Waals surface area contributed by atoms with Gasteiger partial charge in [0.15, 0.2) is 0 Å². The smallest absolute Gasteiger partial charge is 0.248 e. The van der Waals surface area contributed by atoms with Crippen LogP contribution in [-0.4, -0.2) is 18.9 Å². The van der Waals surface area contributed by atoms with Crippen molar-refractivity contribution in [1.82, 2.24) is 0 Å². The fourth-order valence-electron chi connectivity index (χ4n) is 1.88. The molecule has 2 rings (SSSR count). The summed E-state index contributed by atoms with van der Waals surface area (Å²) in [6.07, 6.45) is 2.98. The number of anilines is 2. The average Bonchev–Trinajstić information content (AvgIpc) is 2.54. The minimum absolute atomic E-state index is 0.0657. The highest BCUT2D eigenvalue weighted by molar-refractivity contribution is 6.02. The summed E-state index contributed by atoms with van der Waals surface area (Å²) in [7, 11) is 1.68. The molecule has 0 saturated carbocycles. The number of carbonyl (C=O) groups excluding carboxylic acids is 2. The Labute approximate surface area is 134 Å². The summed E-state index contributed by atoms with van der Waals surface area (Å²) < 4.78 is 12.8. The monoisotopic (exact) mass is 312 g/mol. The van der Waals surface area contributed by atoms with Gasteiger partial charge in [0.2, 0.25) is 11.8 Å². The molecule has 23 heavy (non-hydrogen) atoms. The SMILES string of the molecule is CC(=O)N(C)c1ccc(NC(=O)/C=C/c2ccc(F)cc2)cc1. The third-order valence-corrected chi connectivity index (χ3v) is 3.29. The van der Waals surface area contributed by atoms with E-state index in [9.17, 15) is 14.0 Å². The van der Waals surface area contributed by atoms with Gasteiger partial charge in [0.05, 0.1) is 0 Å². The van der Waals surface area contributed by atoms with E-state index in [0.29, 0.717) is 5.69 Å². The van der Waals surface area contributed by atoms with Gasteiger partial charge in [-0.3, -0.25) is 9.59 Å². The van der Waals surface area contributed by atoms with Crippen LogP contribution >= 0.6 is 0 Å². The molecule has 0 aliphatic heterocycles. The zero-order chi connectivity index (χ0) is 16.8. The average molecular weight is 312 g/mol.